The number of imidazole rings is 1. The maximum absolute atomic E-state index is 13.9. The van der Waals surface area contributed by atoms with E-state index in [0.29, 0.717) is 16.9 Å². The van der Waals surface area contributed by atoms with E-state index in [1.165, 1.54) is 12.1 Å². The normalized spacial score (nSPS) is 12.2. The number of fused-ring (bicyclic) bond motifs is 1. The fourth-order valence-electron chi connectivity index (χ4n) is 2.94. The summed E-state index contributed by atoms with van der Waals surface area (Å²) in [6.07, 6.45) is 0. The van der Waals surface area contributed by atoms with Crippen LogP contribution in [0.4, 0.5) is 22.2 Å². The van der Waals surface area contributed by atoms with Crippen LogP contribution in [0.15, 0.2) is 48.5 Å². The molecule has 0 fully saturated rings. The number of nitrogens with one attached hydrogen (secondary N) is 1. The van der Waals surface area contributed by atoms with Crippen LogP contribution in [0.1, 0.15) is 18.8 Å². The predicted octanol–water partition coefficient (Wildman–Crippen LogP) is 2.69. The molecule has 2 aromatic carbocycles. The van der Waals surface area contributed by atoms with Gasteiger partial charge in [0, 0.05) is 11.8 Å². The molecular formula is C18H17FN8. The van der Waals surface area contributed by atoms with E-state index in [-0.39, 0.29) is 29.7 Å². The molecular weight excluding hydrogens is 347 g/mol. The molecule has 5 N–H and O–H groups in total. The largest absolute Gasteiger partial charge is 0.368 e. The first-order valence-electron chi connectivity index (χ1n) is 8.28. The molecule has 2 aromatic heterocycles. The van der Waals surface area contributed by atoms with E-state index in [4.69, 9.17) is 11.5 Å². The average Bonchev–Trinajstić information content (AvgIpc) is 3.00. The minimum absolute atomic E-state index is 0.0239. The van der Waals surface area contributed by atoms with Crippen molar-refractivity contribution in [3.8, 4) is 5.69 Å². The molecule has 0 saturated carbocycles. The number of hydrogen-bond acceptors (Lipinski definition) is 7. The molecule has 0 bridgehead atoms. The summed E-state index contributed by atoms with van der Waals surface area (Å²) in [4.78, 5) is 16.5. The van der Waals surface area contributed by atoms with Gasteiger partial charge in [0.25, 0.3) is 0 Å². The van der Waals surface area contributed by atoms with Crippen LogP contribution < -0.4 is 16.8 Å². The first-order valence-corrected chi connectivity index (χ1v) is 8.28. The number of para-hydroxylation sites is 1. The Bertz CT molecular complexity index is 1090. The first kappa shape index (κ1) is 16.7. The van der Waals surface area contributed by atoms with Crippen molar-refractivity contribution in [3.05, 3.63) is 60.2 Å². The zero-order chi connectivity index (χ0) is 19.0. The summed E-state index contributed by atoms with van der Waals surface area (Å²) in [5.41, 5.74) is 13.5. The topological polar surface area (TPSA) is 121 Å². The minimum atomic E-state index is -0.329. The van der Waals surface area contributed by atoms with Crippen molar-refractivity contribution in [2.45, 2.75) is 13.0 Å². The molecule has 8 nitrogen and oxygen atoms in total. The van der Waals surface area contributed by atoms with Crippen LogP contribution in [-0.2, 0) is 0 Å². The van der Waals surface area contributed by atoms with Crippen LogP contribution in [0.2, 0.25) is 0 Å². The first-order chi connectivity index (χ1) is 13.0. The van der Waals surface area contributed by atoms with Gasteiger partial charge in [0.05, 0.1) is 17.1 Å². The second-order valence-electron chi connectivity index (χ2n) is 6.02. The number of benzene rings is 2. The number of nitrogens with two attached hydrogens (primary N) is 2. The van der Waals surface area contributed by atoms with Gasteiger partial charge in [0.15, 0.2) is 0 Å². The molecule has 2 heterocycles. The van der Waals surface area contributed by atoms with E-state index in [0.717, 1.165) is 5.69 Å². The molecule has 0 radical (unpaired) electrons. The Morgan fingerprint density at radius 2 is 1.67 bits per heavy atom. The molecule has 9 heteroatoms. The second kappa shape index (κ2) is 6.52. The summed E-state index contributed by atoms with van der Waals surface area (Å²) in [6, 6.07) is 13.8. The van der Waals surface area contributed by atoms with Gasteiger partial charge < -0.3 is 16.8 Å². The molecule has 0 spiro atoms. The van der Waals surface area contributed by atoms with Crippen molar-refractivity contribution in [2.75, 3.05) is 16.8 Å². The summed E-state index contributed by atoms with van der Waals surface area (Å²) < 4.78 is 15.8. The summed E-state index contributed by atoms with van der Waals surface area (Å²) in [7, 11) is 0. The molecule has 0 saturated heterocycles. The van der Waals surface area contributed by atoms with Crippen LogP contribution >= 0.6 is 0 Å². The molecule has 0 aliphatic carbocycles. The third kappa shape index (κ3) is 3.22. The molecule has 1 atom stereocenters. The lowest BCUT2D eigenvalue weighted by Crippen LogP contribution is -2.16. The molecule has 136 valence electrons. The lowest BCUT2D eigenvalue weighted by Gasteiger charge is -2.16. The highest BCUT2D eigenvalue weighted by atomic mass is 19.1. The summed E-state index contributed by atoms with van der Waals surface area (Å²) in [5, 5.41) is 3.13. The Balaban J connectivity index is 1.83. The average molecular weight is 364 g/mol. The highest BCUT2D eigenvalue weighted by molar-refractivity contribution is 5.78. The Morgan fingerprint density at radius 3 is 2.37 bits per heavy atom. The van der Waals surface area contributed by atoms with Gasteiger partial charge in [-0.25, -0.2) is 9.37 Å². The molecule has 0 aliphatic rings. The lowest BCUT2D eigenvalue weighted by atomic mass is 10.2. The van der Waals surface area contributed by atoms with Gasteiger partial charge in [-0.2, -0.15) is 15.0 Å². The van der Waals surface area contributed by atoms with Gasteiger partial charge >= 0.3 is 0 Å². The number of aromatic nitrogens is 5. The highest BCUT2D eigenvalue weighted by Gasteiger charge is 2.19. The van der Waals surface area contributed by atoms with Crippen LogP contribution in [0, 0.1) is 5.82 Å². The van der Waals surface area contributed by atoms with Crippen LogP contribution in [0.5, 0.6) is 0 Å². The summed E-state index contributed by atoms with van der Waals surface area (Å²) in [6.45, 7) is 1.90. The molecule has 0 unspecified atom stereocenters. The summed E-state index contributed by atoms with van der Waals surface area (Å²) >= 11 is 0. The van der Waals surface area contributed by atoms with Crippen LogP contribution in [0.25, 0.3) is 16.7 Å². The zero-order valence-corrected chi connectivity index (χ0v) is 14.5. The number of halogens is 1. The van der Waals surface area contributed by atoms with Gasteiger partial charge in [0.2, 0.25) is 17.8 Å². The third-order valence-corrected chi connectivity index (χ3v) is 4.06. The number of anilines is 3. The fourth-order valence-corrected chi connectivity index (χ4v) is 2.94. The van der Waals surface area contributed by atoms with Gasteiger partial charge in [-0.3, -0.25) is 4.57 Å². The van der Waals surface area contributed by atoms with Crippen molar-refractivity contribution in [2.24, 2.45) is 0 Å². The van der Waals surface area contributed by atoms with E-state index in [1.807, 2.05) is 41.8 Å². The molecule has 4 aromatic rings. The van der Waals surface area contributed by atoms with Crippen molar-refractivity contribution < 1.29 is 4.39 Å². The van der Waals surface area contributed by atoms with Crippen LogP contribution in [-0.4, -0.2) is 24.5 Å². The van der Waals surface area contributed by atoms with Crippen molar-refractivity contribution in [1.29, 1.82) is 0 Å². The number of nitrogen functional groups attached to an aromatic ring is 2. The van der Waals surface area contributed by atoms with Gasteiger partial charge in [0.1, 0.15) is 11.6 Å². The Labute approximate surface area is 154 Å². The molecule has 0 amide bonds. The zero-order valence-electron chi connectivity index (χ0n) is 14.5. The Kier molecular flexibility index (Phi) is 4.03. The monoisotopic (exact) mass is 364 g/mol. The van der Waals surface area contributed by atoms with Gasteiger partial charge in [-0.15, -0.1) is 0 Å². The smallest absolute Gasteiger partial charge is 0.229 e. The van der Waals surface area contributed by atoms with Gasteiger partial charge in [-0.1, -0.05) is 18.2 Å². The van der Waals surface area contributed by atoms with E-state index in [9.17, 15) is 4.39 Å². The van der Waals surface area contributed by atoms with Crippen LogP contribution in [0.3, 0.4) is 0 Å². The maximum Gasteiger partial charge on any atom is 0.229 e. The number of rotatable bonds is 4. The maximum atomic E-state index is 13.9. The van der Waals surface area contributed by atoms with E-state index in [1.54, 1.807) is 6.07 Å². The van der Waals surface area contributed by atoms with E-state index in [2.05, 4.69) is 25.3 Å². The standard InChI is InChI=1S/C18H17FN8/c1-10(22-18-25-16(20)24-17(21)26-18)15-23-13-8-7-11(19)9-14(13)27(15)12-5-3-2-4-6-12/h2-10H,1H3,(H5,20,21,22,24,25,26)/t10-/m0/s1. The molecule has 4 rings (SSSR count). The number of nitrogens with zero attached hydrogens (tertiary/aromatic N) is 5. The van der Waals surface area contributed by atoms with E-state index >= 15 is 0 Å². The van der Waals surface area contributed by atoms with Crippen molar-refractivity contribution in [1.82, 2.24) is 24.5 Å². The number of hydrogen-bond donors (Lipinski definition) is 3. The predicted molar refractivity (Wildman–Crippen MR) is 102 cm³/mol. The quantitative estimate of drug-likeness (QED) is 0.509. The third-order valence-electron chi connectivity index (χ3n) is 4.06. The summed E-state index contributed by atoms with van der Waals surface area (Å²) in [5.74, 6) is 0.626. The van der Waals surface area contributed by atoms with Crippen molar-refractivity contribution >= 4 is 28.9 Å². The SMILES string of the molecule is C[C@H](Nc1nc(N)nc(N)n1)c1nc2ccc(F)cc2n1-c1ccccc1. The van der Waals surface area contributed by atoms with Crippen molar-refractivity contribution in [3.63, 3.8) is 0 Å². The van der Waals surface area contributed by atoms with E-state index < -0.39 is 0 Å². The Hall–Kier alpha value is -3.75. The highest BCUT2D eigenvalue weighted by Crippen LogP contribution is 2.27. The fraction of sp³-hybridized carbons (Fsp3) is 0.111. The molecule has 0 aliphatic heterocycles. The van der Waals surface area contributed by atoms with Gasteiger partial charge in [-0.05, 0) is 31.2 Å². The minimum Gasteiger partial charge on any atom is -0.368 e. The Morgan fingerprint density at radius 1 is 0.963 bits per heavy atom. The lowest BCUT2D eigenvalue weighted by molar-refractivity contribution is 0.629. The molecule has 27 heavy (non-hydrogen) atoms. The second-order valence-corrected chi connectivity index (χ2v) is 6.02.